The van der Waals surface area contributed by atoms with Crippen molar-refractivity contribution < 1.29 is 4.73 Å². The molecule has 1 aromatic rings. The number of nitrogens with zero attached hydrogens (tertiary/aromatic N) is 2. The topological polar surface area (TPSA) is 65.8 Å². The first kappa shape index (κ1) is 7.78. The molecule has 4 heteroatoms. The van der Waals surface area contributed by atoms with Crippen molar-refractivity contribution in [1.82, 2.24) is 4.98 Å². The molecular formula is C7H11N3O. The second-order valence-electron chi connectivity index (χ2n) is 2.38. The zero-order valence-electron chi connectivity index (χ0n) is 6.66. The van der Waals surface area contributed by atoms with Gasteiger partial charge >= 0.3 is 0 Å². The molecular weight excluding hydrogens is 142 g/mol. The fourth-order valence-electron chi connectivity index (χ4n) is 0.836. The molecule has 0 unspecified atom stereocenters. The molecule has 0 saturated heterocycles. The molecule has 60 valence electrons. The molecule has 0 bridgehead atoms. The van der Waals surface area contributed by atoms with Crippen LogP contribution in [0, 0.1) is 12.1 Å². The van der Waals surface area contributed by atoms with Crippen LogP contribution in [-0.2, 0) is 6.42 Å². The van der Waals surface area contributed by atoms with Gasteiger partial charge in [0.1, 0.15) is 11.9 Å². The number of hydrogen-bond acceptors (Lipinski definition) is 3. The second-order valence-corrected chi connectivity index (χ2v) is 2.38. The molecule has 0 spiro atoms. The molecule has 1 aromatic heterocycles. The van der Waals surface area contributed by atoms with Crippen LogP contribution in [0.25, 0.3) is 0 Å². The third kappa shape index (κ3) is 1.39. The molecule has 0 aliphatic rings. The highest BCUT2D eigenvalue weighted by molar-refractivity contribution is 5.27. The van der Waals surface area contributed by atoms with E-state index in [0.717, 1.165) is 12.1 Å². The Morgan fingerprint density at radius 3 is 2.82 bits per heavy atom. The summed E-state index contributed by atoms with van der Waals surface area (Å²) in [7, 11) is 0. The minimum Gasteiger partial charge on any atom is -0.711 e. The van der Waals surface area contributed by atoms with E-state index in [1.165, 1.54) is 6.20 Å². The van der Waals surface area contributed by atoms with Crippen molar-refractivity contribution in [1.29, 1.82) is 0 Å². The van der Waals surface area contributed by atoms with Crippen molar-refractivity contribution in [3.63, 3.8) is 0 Å². The molecule has 11 heavy (non-hydrogen) atoms. The van der Waals surface area contributed by atoms with Gasteiger partial charge in [-0.2, -0.15) is 0 Å². The maximum atomic E-state index is 11.0. The Hall–Kier alpha value is -1.32. The van der Waals surface area contributed by atoms with Crippen molar-refractivity contribution in [3.05, 3.63) is 22.8 Å². The Morgan fingerprint density at radius 1 is 1.73 bits per heavy atom. The predicted molar refractivity (Wildman–Crippen MR) is 41.7 cm³/mol. The predicted octanol–water partition coefficient (Wildman–Crippen LogP) is 0.168. The zero-order chi connectivity index (χ0) is 8.43. The summed E-state index contributed by atoms with van der Waals surface area (Å²) in [4.78, 5) is 4.11. The van der Waals surface area contributed by atoms with Crippen molar-refractivity contribution in [2.24, 2.45) is 0 Å². The van der Waals surface area contributed by atoms with E-state index in [-0.39, 0.29) is 5.82 Å². The Balaban J connectivity index is 3.21. The van der Waals surface area contributed by atoms with Crippen LogP contribution in [0.2, 0.25) is 0 Å². The van der Waals surface area contributed by atoms with E-state index >= 15 is 0 Å². The normalized spacial score (nSPS) is 10.0. The van der Waals surface area contributed by atoms with Crippen LogP contribution in [0.1, 0.15) is 18.3 Å². The fraction of sp³-hybridized carbons (Fsp3) is 0.429. The average molecular weight is 153 g/mol. The number of hydrogen-bond donors (Lipinski definition) is 1. The molecule has 0 aromatic carbocycles. The SMILES string of the molecule is CCc1c[n+]([O-])c(N)c(C)n1. The summed E-state index contributed by atoms with van der Waals surface area (Å²) in [5, 5.41) is 11.0. The van der Waals surface area contributed by atoms with Gasteiger partial charge in [0.25, 0.3) is 5.82 Å². The summed E-state index contributed by atoms with van der Waals surface area (Å²) in [5.74, 6) is 0.183. The number of rotatable bonds is 1. The number of aryl methyl sites for hydroxylation is 2. The smallest absolute Gasteiger partial charge is 0.297 e. The number of nitrogens with two attached hydrogens (primary N) is 1. The van der Waals surface area contributed by atoms with Crippen LogP contribution in [-0.4, -0.2) is 4.98 Å². The van der Waals surface area contributed by atoms with E-state index in [0.29, 0.717) is 10.4 Å². The van der Waals surface area contributed by atoms with Gasteiger partial charge in [-0.25, -0.2) is 9.71 Å². The van der Waals surface area contributed by atoms with Gasteiger partial charge in [-0.1, -0.05) is 6.92 Å². The Kier molecular flexibility index (Phi) is 1.94. The minimum atomic E-state index is 0.183. The van der Waals surface area contributed by atoms with Gasteiger partial charge in [-0.05, 0) is 13.3 Å². The molecule has 1 heterocycles. The third-order valence-electron chi connectivity index (χ3n) is 1.55. The molecule has 2 N–H and O–H groups in total. The molecule has 0 atom stereocenters. The van der Waals surface area contributed by atoms with Gasteiger partial charge in [-0.15, -0.1) is 0 Å². The summed E-state index contributed by atoms with van der Waals surface area (Å²) in [6, 6.07) is 0. The van der Waals surface area contributed by atoms with Crippen LogP contribution in [0.15, 0.2) is 6.20 Å². The number of anilines is 1. The minimum absolute atomic E-state index is 0.183. The lowest BCUT2D eigenvalue weighted by molar-refractivity contribution is -0.591. The molecule has 0 aliphatic carbocycles. The highest BCUT2D eigenvalue weighted by Gasteiger charge is 2.04. The highest BCUT2D eigenvalue weighted by Crippen LogP contribution is 2.01. The standard InChI is InChI=1S/C7H11N3O/c1-3-6-4-10(11)7(8)5(2)9-6/h4H,3,8H2,1-2H3. The first-order valence-corrected chi connectivity index (χ1v) is 3.50. The van der Waals surface area contributed by atoms with E-state index in [1.54, 1.807) is 6.92 Å². The van der Waals surface area contributed by atoms with Crippen LogP contribution in [0.4, 0.5) is 5.82 Å². The monoisotopic (exact) mass is 153 g/mol. The van der Waals surface area contributed by atoms with Crippen molar-refractivity contribution in [2.45, 2.75) is 20.3 Å². The van der Waals surface area contributed by atoms with E-state index in [4.69, 9.17) is 5.73 Å². The fourth-order valence-corrected chi connectivity index (χ4v) is 0.836. The lowest BCUT2D eigenvalue weighted by Crippen LogP contribution is -2.32. The second kappa shape index (κ2) is 2.74. The van der Waals surface area contributed by atoms with Gasteiger partial charge in [0.2, 0.25) is 0 Å². The molecule has 0 saturated carbocycles. The third-order valence-corrected chi connectivity index (χ3v) is 1.55. The summed E-state index contributed by atoms with van der Waals surface area (Å²) in [6.45, 7) is 3.67. The van der Waals surface area contributed by atoms with Crippen LogP contribution < -0.4 is 10.5 Å². The van der Waals surface area contributed by atoms with Gasteiger partial charge in [0.15, 0.2) is 0 Å². The lowest BCUT2D eigenvalue weighted by Gasteiger charge is -2.07. The molecule has 0 aliphatic heterocycles. The lowest BCUT2D eigenvalue weighted by atomic mass is 10.3. The maximum absolute atomic E-state index is 11.0. The summed E-state index contributed by atoms with van der Waals surface area (Å²) >= 11 is 0. The average Bonchev–Trinajstić information content (AvgIpc) is 1.99. The highest BCUT2D eigenvalue weighted by atomic mass is 16.5. The van der Waals surface area contributed by atoms with Gasteiger partial charge in [0, 0.05) is 0 Å². The zero-order valence-corrected chi connectivity index (χ0v) is 6.66. The van der Waals surface area contributed by atoms with Crippen LogP contribution >= 0.6 is 0 Å². The van der Waals surface area contributed by atoms with Gasteiger partial charge < -0.3 is 5.21 Å². The molecule has 0 radical (unpaired) electrons. The molecule has 4 nitrogen and oxygen atoms in total. The quantitative estimate of drug-likeness (QED) is 0.462. The maximum Gasteiger partial charge on any atom is 0.297 e. The number of aromatic nitrogens is 2. The van der Waals surface area contributed by atoms with E-state index in [2.05, 4.69) is 4.98 Å². The van der Waals surface area contributed by atoms with E-state index in [1.807, 2.05) is 6.92 Å². The van der Waals surface area contributed by atoms with Crippen LogP contribution in [0.5, 0.6) is 0 Å². The molecule has 1 rings (SSSR count). The van der Waals surface area contributed by atoms with Gasteiger partial charge in [-0.3, -0.25) is 5.73 Å². The van der Waals surface area contributed by atoms with Gasteiger partial charge in [0.05, 0.1) is 5.69 Å². The van der Waals surface area contributed by atoms with Crippen molar-refractivity contribution >= 4 is 5.82 Å². The van der Waals surface area contributed by atoms with Crippen molar-refractivity contribution in [3.8, 4) is 0 Å². The summed E-state index contributed by atoms with van der Waals surface area (Å²) < 4.78 is 0.654. The van der Waals surface area contributed by atoms with E-state index in [9.17, 15) is 5.21 Å². The summed E-state index contributed by atoms with van der Waals surface area (Å²) in [6.07, 6.45) is 2.16. The molecule has 0 fully saturated rings. The molecule has 0 amide bonds. The summed E-state index contributed by atoms with van der Waals surface area (Å²) in [5.41, 5.74) is 6.76. The first-order valence-electron chi connectivity index (χ1n) is 3.50. The van der Waals surface area contributed by atoms with Crippen molar-refractivity contribution in [2.75, 3.05) is 5.73 Å². The Morgan fingerprint density at radius 2 is 2.36 bits per heavy atom. The number of nitrogen functional groups attached to an aromatic ring is 1. The first-order chi connectivity index (χ1) is 5.15. The van der Waals surface area contributed by atoms with Crippen LogP contribution in [0.3, 0.4) is 0 Å². The largest absolute Gasteiger partial charge is 0.711 e. The van der Waals surface area contributed by atoms with E-state index < -0.39 is 0 Å². The Bertz CT molecular complexity index is 249. The Labute approximate surface area is 65.3 Å².